The predicted molar refractivity (Wildman–Crippen MR) is 58.5 cm³/mol. The summed E-state index contributed by atoms with van der Waals surface area (Å²) in [5.74, 6) is 1.02. The number of nitrogens with two attached hydrogens (primary N) is 1. The van der Waals surface area contributed by atoms with Gasteiger partial charge in [0.05, 0.1) is 13.0 Å². The molecule has 0 aromatic carbocycles. The Kier molecular flexibility index (Phi) is 7.90. The minimum Gasteiger partial charge on any atom is -0.480 e. The lowest BCUT2D eigenvalue weighted by atomic mass is 10.1. The Morgan fingerprint density at radius 1 is 1.44 bits per heavy atom. The molecule has 0 amide bonds. The fraction of sp³-hybridized carbons (Fsp3) is 0.636. The van der Waals surface area contributed by atoms with Gasteiger partial charge in [-0.25, -0.2) is 0 Å². The number of terminal acetylenes is 1. The van der Waals surface area contributed by atoms with Gasteiger partial charge in [-0.05, 0) is 19.3 Å². The van der Waals surface area contributed by atoms with E-state index in [0.717, 1.165) is 0 Å². The van der Waals surface area contributed by atoms with Crippen LogP contribution in [0.5, 0.6) is 0 Å². The lowest BCUT2D eigenvalue weighted by Gasteiger charge is -2.06. The quantitative estimate of drug-likeness (QED) is 0.358. The summed E-state index contributed by atoms with van der Waals surface area (Å²) < 4.78 is 4.86. The van der Waals surface area contributed by atoms with E-state index in [2.05, 4.69) is 5.92 Å². The lowest BCUT2D eigenvalue weighted by Crippen LogP contribution is -2.29. The summed E-state index contributed by atoms with van der Waals surface area (Å²) in [5, 5.41) is 8.49. The molecule has 0 aromatic heterocycles. The average molecular weight is 227 g/mol. The maximum Gasteiger partial charge on any atom is 0.320 e. The zero-order valence-corrected chi connectivity index (χ0v) is 9.15. The maximum atomic E-state index is 11.0. The second kappa shape index (κ2) is 8.74. The number of carbonyl (C=O) groups is 2. The summed E-state index contributed by atoms with van der Waals surface area (Å²) in [5.41, 5.74) is 5.29. The van der Waals surface area contributed by atoms with Crippen LogP contribution in [0.4, 0.5) is 0 Å². The van der Waals surface area contributed by atoms with Crippen LogP contribution >= 0.6 is 0 Å². The van der Waals surface area contributed by atoms with E-state index in [1.165, 1.54) is 0 Å². The number of aliphatic carboxylic acids is 1. The topological polar surface area (TPSA) is 89.6 Å². The first-order chi connectivity index (χ1) is 7.57. The van der Waals surface area contributed by atoms with Gasteiger partial charge < -0.3 is 15.6 Å². The molecule has 90 valence electrons. The number of carboxylic acids is 1. The molecule has 3 N–H and O–H groups in total. The SMILES string of the molecule is C#CCCC(=O)OCCCC[C@H](N)C(=O)O. The van der Waals surface area contributed by atoms with E-state index in [1.54, 1.807) is 0 Å². The molecule has 0 radical (unpaired) electrons. The number of carboxylic acid groups (broad SMARTS) is 1. The van der Waals surface area contributed by atoms with Crippen molar-refractivity contribution in [3.05, 3.63) is 0 Å². The van der Waals surface area contributed by atoms with E-state index in [9.17, 15) is 9.59 Å². The van der Waals surface area contributed by atoms with Crippen molar-refractivity contribution >= 4 is 11.9 Å². The number of esters is 1. The first kappa shape index (κ1) is 14.5. The number of rotatable bonds is 8. The van der Waals surface area contributed by atoms with E-state index >= 15 is 0 Å². The van der Waals surface area contributed by atoms with Gasteiger partial charge in [0.1, 0.15) is 6.04 Å². The van der Waals surface area contributed by atoms with Crippen molar-refractivity contribution in [2.24, 2.45) is 5.73 Å². The third-order valence-corrected chi connectivity index (χ3v) is 1.96. The molecule has 0 aliphatic rings. The Hall–Kier alpha value is -1.54. The molecule has 0 spiro atoms. The molecular weight excluding hydrogens is 210 g/mol. The minimum atomic E-state index is -1.01. The largest absolute Gasteiger partial charge is 0.480 e. The highest BCUT2D eigenvalue weighted by molar-refractivity contribution is 5.72. The van der Waals surface area contributed by atoms with Crippen LogP contribution in [0.2, 0.25) is 0 Å². The summed E-state index contributed by atoms with van der Waals surface area (Å²) in [7, 11) is 0. The molecule has 16 heavy (non-hydrogen) atoms. The third kappa shape index (κ3) is 7.83. The van der Waals surface area contributed by atoms with Crippen LogP contribution < -0.4 is 5.73 Å². The van der Waals surface area contributed by atoms with Gasteiger partial charge in [0.2, 0.25) is 0 Å². The summed E-state index contributed by atoms with van der Waals surface area (Å²) in [4.78, 5) is 21.3. The molecule has 0 aliphatic heterocycles. The highest BCUT2D eigenvalue weighted by Gasteiger charge is 2.10. The molecule has 5 nitrogen and oxygen atoms in total. The van der Waals surface area contributed by atoms with Gasteiger partial charge in [-0.15, -0.1) is 12.3 Å². The Morgan fingerprint density at radius 2 is 2.12 bits per heavy atom. The molecule has 0 rings (SSSR count). The molecule has 0 fully saturated rings. The highest BCUT2D eigenvalue weighted by atomic mass is 16.5. The van der Waals surface area contributed by atoms with Crippen LogP contribution in [-0.2, 0) is 14.3 Å². The van der Waals surface area contributed by atoms with Crippen LogP contribution in [0, 0.1) is 12.3 Å². The van der Waals surface area contributed by atoms with Crippen molar-refractivity contribution < 1.29 is 19.4 Å². The first-order valence-corrected chi connectivity index (χ1v) is 5.15. The Labute approximate surface area is 95.0 Å². The standard InChI is InChI=1S/C11H17NO4/c1-2-3-7-10(13)16-8-5-4-6-9(12)11(14)15/h1,9H,3-8,12H2,(H,14,15)/t9-/m0/s1. The molecule has 0 saturated carbocycles. The minimum absolute atomic E-state index is 0.227. The average Bonchev–Trinajstić information content (AvgIpc) is 2.25. The molecule has 0 aromatic rings. The van der Waals surface area contributed by atoms with E-state index in [0.29, 0.717) is 25.7 Å². The number of carbonyl (C=O) groups excluding carboxylic acids is 1. The van der Waals surface area contributed by atoms with Crippen molar-refractivity contribution in [2.75, 3.05) is 6.61 Å². The summed E-state index contributed by atoms with van der Waals surface area (Å²) in [6, 6.07) is -0.836. The zero-order valence-electron chi connectivity index (χ0n) is 9.15. The molecule has 0 saturated heterocycles. The number of unbranched alkanes of at least 4 members (excludes halogenated alkanes) is 1. The van der Waals surface area contributed by atoms with Crippen molar-refractivity contribution in [3.8, 4) is 12.3 Å². The summed E-state index contributed by atoms with van der Waals surface area (Å²) in [6.07, 6.45) is 7.21. The Balaban J connectivity index is 3.37. The van der Waals surface area contributed by atoms with Gasteiger partial charge in [-0.3, -0.25) is 9.59 Å². The predicted octanol–water partition coefficient (Wildman–Crippen LogP) is 0.525. The van der Waals surface area contributed by atoms with Crippen molar-refractivity contribution in [2.45, 2.75) is 38.1 Å². The fourth-order valence-electron chi connectivity index (χ4n) is 1.02. The smallest absolute Gasteiger partial charge is 0.320 e. The zero-order chi connectivity index (χ0) is 12.4. The van der Waals surface area contributed by atoms with Crippen LogP contribution in [0.3, 0.4) is 0 Å². The Morgan fingerprint density at radius 3 is 2.69 bits per heavy atom. The van der Waals surface area contributed by atoms with E-state index in [4.69, 9.17) is 22.0 Å². The lowest BCUT2D eigenvalue weighted by molar-refractivity contribution is -0.144. The Bertz CT molecular complexity index is 270. The second-order valence-electron chi connectivity index (χ2n) is 3.37. The van der Waals surface area contributed by atoms with Gasteiger partial charge in [0.15, 0.2) is 0 Å². The first-order valence-electron chi connectivity index (χ1n) is 5.15. The van der Waals surface area contributed by atoms with Gasteiger partial charge in [-0.1, -0.05) is 0 Å². The van der Waals surface area contributed by atoms with E-state index < -0.39 is 12.0 Å². The van der Waals surface area contributed by atoms with Gasteiger partial charge >= 0.3 is 11.9 Å². The molecule has 5 heteroatoms. The molecule has 0 unspecified atom stereocenters. The monoisotopic (exact) mass is 227 g/mol. The van der Waals surface area contributed by atoms with E-state index in [1.807, 2.05) is 0 Å². The summed E-state index contributed by atoms with van der Waals surface area (Å²) >= 11 is 0. The van der Waals surface area contributed by atoms with Crippen LogP contribution in [0.15, 0.2) is 0 Å². The fourth-order valence-corrected chi connectivity index (χ4v) is 1.02. The van der Waals surface area contributed by atoms with E-state index in [-0.39, 0.29) is 19.0 Å². The third-order valence-electron chi connectivity index (χ3n) is 1.96. The maximum absolute atomic E-state index is 11.0. The number of ether oxygens (including phenoxy) is 1. The molecule has 0 heterocycles. The van der Waals surface area contributed by atoms with Gasteiger partial charge in [0, 0.05) is 6.42 Å². The van der Waals surface area contributed by atoms with Crippen LogP contribution in [-0.4, -0.2) is 29.7 Å². The number of hydrogen-bond donors (Lipinski definition) is 2. The van der Waals surface area contributed by atoms with Gasteiger partial charge in [0.25, 0.3) is 0 Å². The van der Waals surface area contributed by atoms with Crippen molar-refractivity contribution in [1.82, 2.24) is 0 Å². The molecule has 1 atom stereocenters. The highest BCUT2D eigenvalue weighted by Crippen LogP contribution is 2.01. The van der Waals surface area contributed by atoms with Crippen LogP contribution in [0.1, 0.15) is 32.1 Å². The summed E-state index contributed by atoms with van der Waals surface area (Å²) in [6.45, 7) is 0.287. The second-order valence-corrected chi connectivity index (χ2v) is 3.37. The molecular formula is C11H17NO4. The molecule has 0 bridgehead atoms. The van der Waals surface area contributed by atoms with Gasteiger partial charge in [-0.2, -0.15) is 0 Å². The number of hydrogen-bond acceptors (Lipinski definition) is 4. The molecule has 0 aliphatic carbocycles. The van der Waals surface area contributed by atoms with Crippen LogP contribution in [0.25, 0.3) is 0 Å². The van der Waals surface area contributed by atoms with Crippen molar-refractivity contribution in [1.29, 1.82) is 0 Å². The van der Waals surface area contributed by atoms with Crippen molar-refractivity contribution in [3.63, 3.8) is 0 Å². The normalized spacial score (nSPS) is 11.5.